The minimum atomic E-state index is -0.254. The first-order valence-corrected chi connectivity index (χ1v) is 7.11. The quantitative estimate of drug-likeness (QED) is 0.720. The number of amides is 1. The molecule has 3 aromatic rings. The van der Waals surface area contributed by atoms with Gasteiger partial charge in [0.25, 0.3) is 5.91 Å². The minimum absolute atomic E-state index is 0.192. The second-order valence-electron chi connectivity index (χ2n) is 4.48. The molecule has 2 N–H and O–H groups in total. The molecule has 21 heavy (non-hydrogen) atoms. The number of imidazole rings is 1. The van der Waals surface area contributed by atoms with Crippen molar-refractivity contribution in [2.24, 2.45) is 7.05 Å². The first-order chi connectivity index (χ1) is 10.2. The van der Waals surface area contributed by atoms with Gasteiger partial charge >= 0.3 is 0 Å². The van der Waals surface area contributed by atoms with Crippen LogP contribution in [0, 0.1) is 12.3 Å². The Hall–Kier alpha value is -2.59. The van der Waals surface area contributed by atoms with E-state index in [1.165, 1.54) is 11.3 Å². The number of aryl methyl sites for hydroxylation is 1. The van der Waals surface area contributed by atoms with Crippen molar-refractivity contribution in [1.29, 1.82) is 0 Å². The lowest BCUT2D eigenvalue weighted by Gasteiger charge is -2.02. The molecule has 0 unspecified atom stereocenters. The number of nitrogens with zero attached hydrogens (tertiary/aromatic N) is 3. The molecule has 0 atom stereocenters. The fourth-order valence-corrected chi connectivity index (χ4v) is 3.13. The Labute approximate surface area is 125 Å². The van der Waals surface area contributed by atoms with E-state index in [0.29, 0.717) is 5.01 Å². The minimum Gasteiger partial charge on any atom is -0.386 e. The maximum Gasteiger partial charge on any atom is 0.281 e. The zero-order valence-electron chi connectivity index (χ0n) is 11.6. The lowest BCUT2D eigenvalue weighted by atomic mass is 10.2. The first kappa shape index (κ1) is 13.4. The number of thiazole rings is 1. The number of fused-ring (bicyclic) bond motifs is 3. The molecule has 0 aliphatic heterocycles. The summed E-state index contributed by atoms with van der Waals surface area (Å²) < 4.78 is 2.84. The van der Waals surface area contributed by atoms with Crippen LogP contribution < -0.4 is 10.6 Å². The van der Waals surface area contributed by atoms with E-state index in [-0.39, 0.29) is 12.5 Å². The Bertz CT molecular complexity index is 886. The molecule has 0 saturated carbocycles. The van der Waals surface area contributed by atoms with Gasteiger partial charge in [-0.05, 0) is 6.07 Å². The molecule has 0 saturated heterocycles. The SMILES string of the molecule is C#CCNC(=O)c1nc2c(cc(NC)c3ncn(C)c32)s1. The highest BCUT2D eigenvalue weighted by molar-refractivity contribution is 7.20. The summed E-state index contributed by atoms with van der Waals surface area (Å²) in [6, 6.07) is 1.96. The number of hydrogen-bond acceptors (Lipinski definition) is 5. The molecule has 0 aliphatic carbocycles. The summed E-state index contributed by atoms with van der Waals surface area (Å²) >= 11 is 1.34. The van der Waals surface area contributed by atoms with E-state index in [1.54, 1.807) is 6.33 Å². The predicted octanol–water partition coefficient (Wildman–Crippen LogP) is 1.59. The molecular formula is C14H13N5OS. The second kappa shape index (κ2) is 5.07. The van der Waals surface area contributed by atoms with E-state index in [2.05, 4.69) is 26.5 Å². The summed E-state index contributed by atoms with van der Waals surface area (Å²) in [6.45, 7) is 0.192. The lowest BCUT2D eigenvalue weighted by Crippen LogP contribution is -2.23. The topological polar surface area (TPSA) is 71.8 Å². The second-order valence-corrected chi connectivity index (χ2v) is 5.51. The molecule has 106 valence electrons. The van der Waals surface area contributed by atoms with Gasteiger partial charge in [-0.1, -0.05) is 5.92 Å². The molecule has 3 rings (SSSR count). The third-order valence-electron chi connectivity index (χ3n) is 3.16. The van der Waals surface area contributed by atoms with Gasteiger partial charge in [-0.3, -0.25) is 4.79 Å². The fourth-order valence-electron chi connectivity index (χ4n) is 2.20. The largest absolute Gasteiger partial charge is 0.386 e. The molecular weight excluding hydrogens is 286 g/mol. The van der Waals surface area contributed by atoms with E-state index in [0.717, 1.165) is 26.9 Å². The number of rotatable bonds is 3. The van der Waals surface area contributed by atoms with Crippen LogP contribution >= 0.6 is 11.3 Å². The summed E-state index contributed by atoms with van der Waals surface area (Å²) in [7, 11) is 3.75. The van der Waals surface area contributed by atoms with Crippen molar-refractivity contribution in [1.82, 2.24) is 19.9 Å². The number of carbonyl (C=O) groups is 1. The maximum absolute atomic E-state index is 12.0. The number of nitrogens with one attached hydrogen (secondary N) is 2. The van der Waals surface area contributed by atoms with Crippen molar-refractivity contribution >= 4 is 44.2 Å². The van der Waals surface area contributed by atoms with E-state index in [4.69, 9.17) is 6.42 Å². The highest BCUT2D eigenvalue weighted by atomic mass is 32.1. The van der Waals surface area contributed by atoms with Crippen LogP contribution in [0.2, 0.25) is 0 Å². The summed E-state index contributed by atoms with van der Waals surface area (Å²) in [6.07, 6.45) is 6.89. The van der Waals surface area contributed by atoms with Gasteiger partial charge in [0, 0.05) is 14.1 Å². The molecule has 2 heterocycles. The molecule has 2 aromatic heterocycles. The zero-order valence-corrected chi connectivity index (χ0v) is 12.4. The molecule has 0 spiro atoms. The van der Waals surface area contributed by atoms with Crippen molar-refractivity contribution < 1.29 is 4.79 Å². The smallest absolute Gasteiger partial charge is 0.281 e. The standard InChI is InChI=1S/C14H13N5OS/c1-4-5-16-13(20)14-18-11-9(21-14)6-8(15-2)10-12(11)19(3)7-17-10/h1,6-7,15H,5H2,2-3H3,(H,16,20). The molecule has 7 heteroatoms. The molecule has 0 aliphatic rings. The van der Waals surface area contributed by atoms with Crippen LogP contribution in [-0.2, 0) is 7.05 Å². The van der Waals surface area contributed by atoms with Crippen LogP contribution in [0.25, 0.3) is 21.3 Å². The zero-order chi connectivity index (χ0) is 15.0. The molecule has 0 bridgehead atoms. The Kier molecular flexibility index (Phi) is 3.23. The van der Waals surface area contributed by atoms with Gasteiger partial charge in [-0.15, -0.1) is 17.8 Å². The molecule has 1 amide bonds. The number of aromatic nitrogens is 3. The van der Waals surface area contributed by atoms with Crippen molar-refractivity contribution in [3.63, 3.8) is 0 Å². The summed E-state index contributed by atoms with van der Waals surface area (Å²) in [4.78, 5) is 20.8. The fraction of sp³-hybridized carbons (Fsp3) is 0.214. The van der Waals surface area contributed by atoms with E-state index < -0.39 is 0 Å². The van der Waals surface area contributed by atoms with Gasteiger partial charge < -0.3 is 15.2 Å². The Morgan fingerprint density at radius 3 is 3.05 bits per heavy atom. The van der Waals surface area contributed by atoms with Crippen LogP contribution in [0.15, 0.2) is 12.4 Å². The van der Waals surface area contributed by atoms with E-state index >= 15 is 0 Å². The molecule has 6 nitrogen and oxygen atoms in total. The first-order valence-electron chi connectivity index (χ1n) is 6.29. The number of terminal acetylenes is 1. The normalized spacial score (nSPS) is 10.7. The summed E-state index contributed by atoms with van der Waals surface area (Å²) in [5.41, 5.74) is 3.44. The van der Waals surface area contributed by atoms with Crippen LogP contribution in [0.4, 0.5) is 5.69 Å². The average Bonchev–Trinajstić information content (AvgIpc) is 3.07. The predicted molar refractivity (Wildman–Crippen MR) is 84.6 cm³/mol. The third-order valence-corrected chi connectivity index (χ3v) is 4.16. The van der Waals surface area contributed by atoms with Gasteiger partial charge in [0.15, 0.2) is 5.01 Å². The Balaban J connectivity index is 2.21. The van der Waals surface area contributed by atoms with Gasteiger partial charge in [0.2, 0.25) is 0 Å². The maximum atomic E-state index is 12.0. The molecule has 0 radical (unpaired) electrons. The van der Waals surface area contributed by atoms with Crippen molar-refractivity contribution in [2.75, 3.05) is 18.9 Å². The number of carbonyl (C=O) groups excluding carboxylic acids is 1. The van der Waals surface area contributed by atoms with Crippen molar-refractivity contribution in [3.8, 4) is 12.3 Å². The van der Waals surface area contributed by atoms with Crippen molar-refractivity contribution in [2.45, 2.75) is 0 Å². The monoisotopic (exact) mass is 299 g/mol. The van der Waals surface area contributed by atoms with Gasteiger partial charge in [-0.2, -0.15) is 0 Å². The number of hydrogen-bond donors (Lipinski definition) is 2. The number of benzene rings is 1. The van der Waals surface area contributed by atoms with Crippen molar-refractivity contribution in [3.05, 3.63) is 17.4 Å². The van der Waals surface area contributed by atoms with Gasteiger partial charge in [0.05, 0.1) is 28.8 Å². The van der Waals surface area contributed by atoms with Crippen LogP contribution in [-0.4, -0.2) is 34.0 Å². The summed E-state index contributed by atoms with van der Waals surface area (Å²) in [5, 5.41) is 6.15. The highest BCUT2D eigenvalue weighted by Crippen LogP contribution is 2.33. The van der Waals surface area contributed by atoms with Crippen LogP contribution in [0.1, 0.15) is 9.80 Å². The molecule has 0 fully saturated rings. The summed E-state index contributed by atoms with van der Waals surface area (Å²) in [5.74, 6) is 2.12. The Morgan fingerprint density at radius 1 is 1.52 bits per heavy atom. The highest BCUT2D eigenvalue weighted by Gasteiger charge is 2.17. The number of anilines is 1. The van der Waals surface area contributed by atoms with E-state index in [1.807, 2.05) is 24.7 Å². The average molecular weight is 299 g/mol. The van der Waals surface area contributed by atoms with E-state index in [9.17, 15) is 4.79 Å². The third kappa shape index (κ3) is 2.10. The van der Waals surface area contributed by atoms with Crippen LogP contribution in [0.3, 0.4) is 0 Å². The lowest BCUT2D eigenvalue weighted by molar-refractivity contribution is 0.0958. The van der Waals surface area contributed by atoms with Gasteiger partial charge in [-0.25, -0.2) is 9.97 Å². The van der Waals surface area contributed by atoms with Crippen LogP contribution in [0.5, 0.6) is 0 Å². The Morgan fingerprint density at radius 2 is 2.33 bits per heavy atom. The van der Waals surface area contributed by atoms with Gasteiger partial charge in [0.1, 0.15) is 11.0 Å². The molecule has 1 aromatic carbocycles.